The number of methoxy groups -OCH3 is 1. The van der Waals surface area contributed by atoms with Gasteiger partial charge in [-0.3, -0.25) is 14.4 Å². The molecule has 0 aromatic heterocycles. The molecule has 0 saturated carbocycles. The van der Waals surface area contributed by atoms with E-state index in [1.54, 1.807) is 13.8 Å². The average molecular weight is 366 g/mol. The SMILES string of the molecule is CCOC(=S)SC(CC(CCC(C)C(=O)OC)C(=O)O)C(=O)O. The fourth-order valence-corrected chi connectivity index (χ4v) is 3.15. The van der Waals surface area contributed by atoms with E-state index in [2.05, 4.69) is 4.74 Å². The van der Waals surface area contributed by atoms with E-state index in [4.69, 9.17) is 17.0 Å². The number of hydrogen-bond acceptors (Lipinski definition) is 7. The molecule has 23 heavy (non-hydrogen) atoms. The van der Waals surface area contributed by atoms with Gasteiger partial charge in [0.05, 0.1) is 25.6 Å². The number of thiocarbonyl (C=S) groups is 1. The average Bonchev–Trinajstić information content (AvgIpc) is 2.48. The number of rotatable bonds is 10. The molecule has 0 heterocycles. The van der Waals surface area contributed by atoms with Crippen molar-refractivity contribution in [3.8, 4) is 0 Å². The van der Waals surface area contributed by atoms with Crippen LogP contribution in [0.3, 0.4) is 0 Å². The molecule has 0 aliphatic rings. The van der Waals surface area contributed by atoms with E-state index >= 15 is 0 Å². The van der Waals surface area contributed by atoms with Gasteiger partial charge in [0.2, 0.25) is 4.38 Å². The lowest BCUT2D eigenvalue weighted by molar-refractivity contribution is -0.147. The first-order valence-electron chi connectivity index (χ1n) is 7.09. The summed E-state index contributed by atoms with van der Waals surface area (Å²) in [7, 11) is 1.26. The Balaban J connectivity index is 4.74. The van der Waals surface area contributed by atoms with E-state index in [-0.39, 0.29) is 17.2 Å². The van der Waals surface area contributed by atoms with Crippen LogP contribution in [0.5, 0.6) is 0 Å². The van der Waals surface area contributed by atoms with Gasteiger partial charge in [-0.2, -0.15) is 0 Å². The maximum atomic E-state index is 11.3. The van der Waals surface area contributed by atoms with Crippen LogP contribution in [0.25, 0.3) is 0 Å². The molecule has 0 rings (SSSR count). The molecule has 0 fully saturated rings. The third-order valence-corrected chi connectivity index (χ3v) is 4.57. The van der Waals surface area contributed by atoms with E-state index in [0.717, 1.165) is 11.8 Å². The van der Waals surface area contributed by atoms with Crippen LogP contribution < -0.4 is 0 Å². The maximum Gasteiger partial charge on any atom is 0.317 e. The largest absolute Gasteiger partial charge is 0.481 e. The van der Waals surface area contributed by atoms with Crippen LogP contribution in [-0.4, -0.2) is 51.5 Å². The van der Waals surface area contributed by atoms with Crippen molar-refractivity contribution in [2.24, 2.45) is 11.8 Å². The topological polar surface area (TPSA) is 110 Å². The quantitative estimate of drug-likeness (QED) is 0.444. The normalized spacial score (nSPS) is 14.4. The number of hydrogen-bond donors (Lipinski definition) is 2. The van der Waals surface area contributed by atoms with Gasteiger partial charge >= 0.3 is 17.9 Å². The van der Waals surface area contributed by atoms with Crippen molar-refractivity contribution in [2.75, 3.05) is 13.7 Å². The Morgan fingerprint density at radius 3 is 2.22 bits per heavy atom. The highest BCUT2D eigenvalue weighted by molar-refractivity contribution is 8.23. The van der Waals surface area contributed by atoms with E-state index in [9.17, 15) is 24.6 Å². The van der Waals surface area contributed by atoms with Gasteiger partial charge in [-0.1, -0.05) is 18.7 Å². The van der Waals surface area contributed by atoms with Crippen LogP contribution >= 0.6 is 24.0 Å². The minimum Gasteiger partial charge on any atom is -0.481 e. The monoisotopic (exact) mass is 366 g/mol. The number of esters is 1. The third-order valence-electron chi connectivity index (χ3n) is 3.18. The van der Waals surface area contributed by atoms with Crippen molar-refractivity contribution in [1.82, 2.24) is 0 Å². The lowest BCUT2D eigenvalue weighted by Crippen LogP contribution is -2.27. The molecule has 3 unspecified atom stereocenters. The van der Waals surface area contributed by atoms with Crippen molar-refractivity contribution in [3.63, 3.8) is 0 Å². The molecule has 0 aliphatic heterocycles. The lowest BCUT2D eigenvalue weighted by atomic mass is 9.93. The highest BCUT2D eigenvalue weighted by atomic mass is 32.2. The number of carboxylic acids is 2. The van der Waals surface area contributed by atoms with Crippen molar-refractivity contribution < 1.29 is 34.1 Å². The van der Waals surface area contributed by atoms with Crippen molar-refractivity contribution in [1.29, 1.82) is 0 Å². The highest BCUT2D eigenvalue weighted by Gasteiger charge is 2.30. The Hall–Kier alpha value is -1.35. The number of aliphatic carboxylic acids is 2. The summed E-state index contributed by atoms with van der Waals surface area (Å²) in [5, 5.41) is 17.5. The Kier molecular flexibility index (Phi) is 10.6. The lowest BCUT2D eigenvalue weighted by Gasteiger charge is -2.19. The third kappa shape index (κ3) is 8.75. The number of carbonyl (C=O) groups is 3. The standard InChI is InChI=1S/C14H22O7S2/c1-4-21-14(22)23-10(12(17)18)7-9(11(15)16)6-5-8(2)13(19)20-3/h8-10H,4-7H2,1-3H3,(H,15,16)(H,17,18). The fraction of sp³-hybridized carbons (Fsp3) is 0.714. The molecule has 0 radical (unpaired) electrons. The number of carboxylic acid groups (broad SMARTS) is 2. The van der Waals surface area contributed by atoms with E-state index in [1.807, 2.05) is 0 Å². The molecule has 0 amide bonds. The Morgan fingerprint density at radius 2 is 1.78 bits per heavy atom. The predicted molar refractivity (Wildman–Crippen MR) is 89.4 cm³/mol. The predicted octanol–water partition coefficient (Wildman–Crippen LogP) is 2.17. The second kappa shape index (κ2) is 11.2. The Labute approximate surface area is 144 Å². The van der Waals surface area contributed by atoms with Crippen LogP contribution in [0.15, 0.2) is 0 Å². The summed E-state index contributed by atoms with van der Waals surface area (Å²) in [6.07, 6.45) is 0.379. The second-order valence-electron chi connectivity index (χ2n) is 4.90. The van der Waals surface area contributed by atoms with Crippen LogP contribution in [0, 0.1) is 11.8 Å². The summed E-state index contributed by atoms with van der Waals surface area (Å²) in [5.74, 6) is -4.00. The number of thioether (sulfide) groups is 1. The minimum atomic E-state index is -1.15. The second-order valence-corrected chi connectivity index (χ2v) is 6.70. The first kappa shape index (κ1) is 21.6. The minimum absolute atomic E-state index is 0.0759. The summed E-state index contributed by atoms with van der Waals surface area (Å²) in [6.45, 7) is 3.67. The molecule has 2 N–H and O–H groups in total. The molecule has 0 aliphatic carbocycles. The molecular weight excluding hydrogens is 344 g/mol. The summed E-state index contributed by atoms with van der Waals surface area (Å²) < 4.78 is 9.69. The van der Waals surface area contributed by atoms with Gasteiger partial charge in [0.25, 0.3) is 0 Å². The van der Waals surface area contributed by atoms with Gasteiger partial charge < -0.3 is 19.7 Å². The number of ether oxygens (including phenoxy) is 2. The van der Waals surface area contributed by atoms with Gasteiger partial charge in [-0.05, 0) is 38.4 Å². The van der Waals surface area contributed by atoms with E-state index < -0.39 is 35.0 Å². The van der Waals surface area contributed by atoms with Gasteiger partial charge in [-0.15, -0.1) is 0 Å². The van der Waals surface area contributed by atoms with Gasteiger partial charge in [0, 0.05) is 0 Å². The Morgan fingerprint density at radius 1 is 1.17 bits per heavy atom. The van der Waals surface area contributed by atoms with E-state index in [1.165, 1.54) is 7.11 Å². The zero-order valence-corrected chi connectivity index (χ0v) is 14.9. The van der Waals surface area contributed by atoms with Crippen LogP contribution in [0.2, 0.25) is 0 Å². The zero-order chi connectivity index (χ0) is 18.0. The Bertz CT molecular complexity index is 439. The summed E-state index contributed by atoms with van der Waals surface area (Å²) in [4.78, 5) is 34.0. The van der Waals surface area contributed by atoms with Gasteiger partial charge in [0.1, 0.15) is 5.25 Å². The number of carbonyl (C=O) groups excluding carboxylic acids is 1. The molecule has 0 bridgehead atoms. The van der Waals surface area contributed by atoms with E-state index in [0.29, 0.717) is 13.0 Å². The van der Waals surface area contributed by atoms with Gasteiger partial charge in [-0.25, -0.2) is 0 Å². The highest BCUT2D eigenvalue weighted by Crippen LogP contribution is 2.26. The molecule has 0 spiro atoms. The van der Waals surface area contributed by atoms with Crippen LogP contribution in [0.4, 0.5) is 0 Å². The molecule has 3 atom stereocenters. The molecule has 7 nitrogen and oxygen atoms in total. The van der Waals surface area contributed by atoms with Crippen molar-refractivity contribution in [2.45, 2.75) is 38.4 Å². The first-order chi connectivity index (χ1) is 10.7. The summed E-state index contributed by atoms with van der Waals surface area (Å²) in [6, 6.07) is 0. The molecule has 9 heteroatoms. The van der Waals surface area contributed by atoms with Gasteiger partial charge in [0.15, 0.2) is 0 Å². The zero-order valence-electron chi connectivity index (χ0n) is 13.3. The molecule has 0 aromatic rings. The molecule has 0 saturated heterocycles. The smallest absolute Gasteiger partial charge is 0.317 e. The van der Waals surface area contributed by atoms with Crippen molar-refractivity contribution in [3.05, 3.63) is 0 Å². The maximum absolute atomic E-state index is 11.3. The van der Waals surface area contributed by atoms with Crippen molar-refractivity contribution >= 4 is 46.3 Å². The van der Waals surface area contributed by atoms with Crippen LogP contribution in [0.1, 0.15) is 33.1 Å². The first-order valence-corrected chi connectivity index (χ1v) is 8.38. The van der Waals surface area contributed by atoms with Crippen LogP contribution in [-0.2, 0) is 23.9 Å². The molecule has 0 aromatic carbocycles. The molecule has 132 valence electrons. The summed E-state index contributed by atoms with van der Waals surface area (Å²) >= 11 is 5.72. The summed E-state index contributed by atoms with van der Waals surface area (Å²) in [5.41, 5.74) is 0. The molecular formula is C14H22O7S2. The fourth-order valence-electron chi connectivity index (χ4n) is 1.84.